The van der Waals surface area contributed by atoms with Gasteiger partial charge in [-0.25, -0.2) is 0 Å². The molecule has 0 radical (unpaired) electrons. The lowest BCUT2D eigenvalue weighted by Crippen LogP contribution is -2.34. The average molecular weight is 287 g/mol. The van der Waals surface area contributed by atoms with Crippen LogP contribution in [0.1, 0.15) is 26.3 Å². The summed E-state index contributed by atoms with van der Waals surface area (Å²) >= 11 is 1.84. The molecule has 0 bridgehead atoms. The van der Waals surface area contributed by atoms with Crippen LogP contribution in [0.5, 0.6) is 0 Å². The van der Waals surface area contributed by atoms with Gasteiger partial charge in [-0.3, -0.25) is 0 Å². The van der Waals surface area contributed by atoms with Crippen molar-refractivity contribution in [2.75, 3.05) is 13.1 Å². The fourth-order valence-electron chi connectivity index (χ4n) is 2.46. The Bertz CT molecular complexity index is 570. The Hall–Kier alpha value is -1.12. The summed E-state index contributed by atoms with van der Waals surface area (Å²) in [6.45, 7) is 12.9. The summed E-state index contributed by atoms with van der Waals surface area (Å²) in [5.41, 5.74) is 1.55. The Morgan fingerprint density at radius 3 is 2.80 bits per heavy atom. The molecule has 20 heavy (non-hydrogen) atoms. The van der Waals surface area contributed by atoms with Crippen molar-refractivity contribution in [3.63, 3.8) is 0 Å². The van der Waals surface area contributed by atoms with Crippen molar-refractivity contribution in [1.82, 2.24) is 5.32 Å². The highest BCUT2D eigenvalue weighted by molar-refractivity contribution is 7.17. The van der Waals surface area contributed by atoms with Gasteiger partial charge in [-0.2, -0.15) is 0 Å². The molecule has 0 fully saturated rings. The van der Waals surface area contributed by atoms with Gasteiger partial charge in [0.2, 0.25) is 0 Å². The Kier molecular flexibility index (Phi) is 5.00. The van der Waals surface area contributed by atoms with E-state index < -0.39 is 0 Å². The Balaban J connectivity index is 2.10. The van der Waals surface area contributed by atoms with Crippen LogP contribution in [0.15, 0.2) is 42.3 Å². The largest absolute Gasteiger partial charge is 0.316 e. The van der Waals surface area contributed by atoms with Crippen molar-refractivity contribution in [2.45, 2.75) is 27.2 Å². The summed E-state index contributed by atoms with van der Waals surface area (Å²) in [4.78, 5) is 0. The Morgan fingerprint density at radius 1 is 1.35 bits per heavy atom. The highest BCUT2D eigenvalue weighted by Gasteiger charge is 2.22. The van der Waals surface area contributed by atoms with Gasteiger partial charge in [0.1, 0.15) is 0 Å². The molecule has 108 valence electrons. The number of benzene rings is 1. The topological polar surface area (TPSA) is 12.0 Å². The van der Waals surface area contributed by atoms with Gasteiger partial charge in [-0.1, -0.05) is 45.0 Å². The molecule has 1 heterocycles. The molecular weight excluding hydrogens is 262 g/mol. The summed E-state index contributed by atoms with van der Waals surface area (Å²) in [6.07, 6.45) is 3.15. The average Bonchev–Trinajstić information content (AvgIpc) is 2.82. The van der Waals surface area contributed by atoms with Crippen molar-refractivity contribution in [1.29, 1.82) is 0 Å². The second-order valence-electron chi connectivity index (χ2n) is 6.32. The highest BCUT2D eigenvalue weighted by Crippen LogP contribution is 2.31. The first-order valence-electron chi connectivity index (χ1n) is 7.33. The molecule has 0 amide bonds. The van der Waals surface area contributed by atoms with Gasteiger partial charge >= 0.3 is 0 Å². The first-order chi connectivity index (χ1) is 9.54. The quantitative estimate of drug-likeness (QED) is 0.716. The first kappa shape index (κ1) is 15.3. The van der Waals surface area contributed by atoms with Crippen LogP contribution in [0.3, 0.4) is 0 Å². The van der Waals surface area contributed by atoms with E-state index in [4.69, 9.17) is 0 Å². The van der Waals surface area contributed by atoms with Crippen molar-refractivity contribution in [2.24, 2.45) is 11.3 Å². The number of thiophene rings is 1. The number of rotatable bonds is 7. The van der Waals surface area contributed by atoms with E-state index in [0.717, 1.165) is 19.5 Å². The molecule has 1 unspecified atom stereocenters. The molecule has 2 heteroatoms. The fourth-order valence-corrected chi connectivity index (χ4v) is 3.42. The van der Waals surface area contributed by atoms with E-state index in [1.807, 2.05) is 11.3 Å². The van der Waals surface area contributed by atoms with Crippen molar-refractivity contribution in [3.8, 4) is 0 Å². The van der Waals surface area contributed by atoms with E-state index in [9.17, 15) is 0 Å². The van der Waals surface area contributed by atoms with Gasteiger partial charge in [0, 0.05) is 16.7 Å². The van der Waals surface area contributed by atoms with Crippen LogP contribution in [0.25, 0.3) is 10.1 Å². The number of nitrogens with one attached hydrogen (secondary N) is 1. The van der Waals surface area contributed by atoms with Gasteiger partial charge < -0.3 is 5.32 Å². The van der Waals surface area contributed by atoms with E-state index in [2.05, 4.69) is 68.4 Å². The summed E-state index contributed by atoms with van der Waals surface area (Å²) in [5.74, 6) is 0.686. The van der Waals surface area contributed by atoms with Crippen LogP contribution in [-0.4, -0.2) is 13.1 Å². The third-order valence-electron chi connectivity index (χ3n) is 3.73. The molecular formula is C18H25NS. The van der Waals surface area contributed by atoms with E-state index in [-0.39, 0.29) is 5.41 Å². The zero-order valence-corrected chi connectivity index (χ0v) is 13.6. The third-order valence-corrected chi connectivity index (χ3v) is 4.74. The molecule has 1 aromatic heterocycles. The minimum absolute atomic E-state index is 0.110. The van der Waals surface area contributed by atoms with Gasteiger partial charge in [0.15, 0.2) is 0 Å². The molecule has 1 N–H and O–H groups in total. The van der Waals surface area contributed by atoms with Gasteiger partial charge in [0.05, 0.1) is 0 Å². The monoisotopic (exact) mass is 287 g/mol. The summed E-state index contributed by atoms with van der Waals surface area (Å²) in [6, 6.07) is 8.66. The van der Waals surface area contributed by atoms with Gasteiger partial charge in [-0.05, 0) is 41.3 Å². The maximum atomic E-state index is 4.05. The molecule has 0 aliphatic carbocycles. The molecule has 1 nitrogen and oxygen atoms in total. The van der Waals surface area contributed by atoms with Crippen LogP contribution < -0.4 is 5.32 Å². The van der Waals surface area contributed by atoms with Crippen molar-refractivity contribution in [3.05, 3.63) is 47.9 Å². The third kappa shape index (κ3) is 3.71. The molecule has 1 aromatic carbocycles. The number of hydrogen-bond donors (Lipinski definition) is 1. The second kappa shape index (κ2) is 6.55. The molecule has 1 atom stereocenters. The van der Waals surface area contributed by atoms with Crippen LogP contribution in [0.2, 0.25) is 0 Å². The minimum atomic E-state index is 0.110. The lowest BCUT2D eigenvalue weighted by Gasteiger charge is -2.26. The van der Waals surface area contributed by atoms with Crippen LogP contribution in [-0.2, 0) is 6.42 Å². The Morgan fingerprint density at radius 2 is 2.10 bits per heavy atom. The highest BCUT2D eigenvalue weighted by atomic mass is 32.1. The van der Waals surface area contributed by atoms with Crippen LogP contribution in [0.4, 0.5) is 0 Å². The lowest BCUT2D eigenvalue weighted by molar-refractivity contribution is 0.379. The SMILES string of the molecule is C=CC(C)(CNCC(C)C)Cc1csc2ccccc12. The summed E-state index contributed by atoms with van der Waals surface area (Å²) in [5, 5.41) is 7.27. The normalized spacial score (nSPS) is 14.6. The van der Waals surface area contributed by atoms with E-state index in [1.54, 1.807) is 0 Å². The standard InChI is InChI=1S/C18H25NS/c1-5-18(4,13-19-11-14(2)3)10-15-12-20-17-9-7-6-8-16(15)17/h5-9,12,14,19H,1,10-11,13H2,2-4H3. The maximum absolute atomic E-state index is 4.05. The van der Waals surface area contributed by atoms with Crippen LogP contribution in [0, 0.1) is 11.3 Å². The number of fused-ring (bicyclic) bond motifs is 1. The molecule has 0 aliphatic heterocycles. The fraction of sp³-hybridized carbons (Fsp3) is 0.444. The number of hydrogen-bond acceptors (Lipinski definition) is 2. The predicted octanol–water partition coefficient (Wildman–Crippen LogP) is 4.88. The van der Waals surface area contributed by atoms with E-state index in [0.29, 0.717) is 5.92 Å². The zero-order valence-electron chi connectivity index (χ0n) is 12.8. The maximum Gasteiger partial charge on any atom is 0.0345 e. The zero-order chi connectivity index (χ0) is 14.6. The van der Waals surface area contributed by atoms with E-state index in [1.165, 1.54) is 15.6 Å². The second-order valence-corrected chi connectivity index (χ2v) is 7.23. The summed E-state index contributed by atoms with van der Waals surface area (Å²) in [7, 11) is 0. The molecule has 0 spiro atoms. The molecule has 2 rings (SSSR count). The predicted molar refractivity (Wildman–Crippen MR) is 91.5 cm³/mol. The Labute approximate surface area is 126 Å². The van der Waals surface area contributed by atoms with Crippen molar-refractivity contribution >= 4 is 21.4 Å². The van der Waals surface area contributed by atoms with Gasteiger partial charge in [-0.15, -0.1) is 17.9 Å². The molecule has 0 aliphatic rings. The molecule has 2 aromatic rings. The van der Waals surface area contributed by atoms with Gasteiger partial charge in [0.25, 0.3) is 0 Å². The van der Waals surface area contributed by atoms with E-state index >= 15 is 0 Å². The smallest absolute Gasteiger partial charge is 0.0345 e. The van der Waals surface area contributed by atoms with Crippen LogP contribution >= 0.6 is 11.3 Å². The molecule has 0 saturated heterocycles. The summed E-state index contributed by atoms with van der Waals surface area (Å²) < 4.78 is 1.38. The molecule has 0 saturated carbocycles. The minimum Gasteiger partial charge on any atom is -0.316 e. The first-order valence-corrected chi connectivity index (χ1v) is 8.21. The van der Waals surface area contributed by atoms with Crippen molar-refractivity contribution < 1.29 is 0 Å². The lowest BCUT2D eigenvalue weighted by atomic mass is 9.83.